The molecule has 0 spiro atoms. The minimum absolute atomic E-state index is 0.824. The van der Waals surface area contributed by atoms with E-state index in [0.717, 1.165) is 24.0 Å². The highest BCUT2D eigenvalue weighted by Gasteiger charge is 2.19. The molecule has 1 aromatic heterocycles. The summed E-state index contributed by atoms with van der Waals surface area (Å²) >= 11 is 0. The zero-order chi connectivity index (χ0) is 11.4. The standard InChI is InChI=1S/C12H20N4/c1-13-12-7-14-11(6-15-12)9-16(2)8-10-4-3-5-10/h6-7,10H,3-5,8-9H2,1-2H3,(H,13,15). The van der Waals surface area contributed by atoms with E-state index in [2.05, 4.69) is 27.2 Å². The summed E-state index contributed by atoms with van der Waals surface area (Å²) in [7, 11) is 4.01. The fraction of sp³-hybridized carbons (Fsp3) is 0.667. The molecule has 1 aliphatic rings. The fourth-order valence-corrected chi connectivity index (χ4v) is 2.02. The van der Waals surface area contributed by atoms with Gasteiger partial charge in [-0.1, -0.05) is 6.42 Å². The lowest BCUT2D eigenvalue weighted by Gasteiger charge is -2.29. The maximum atomic E-state index is 4.37. The van der Waals surface area contributed by atoms with E-state index in [1.807, 2.05) is 13.2 Å². The first-order valence-electron chi connectivity index (χ1n) is 5.95. The van der Waals surface area contributed by atoms with Crippen molar-refractivity contribution >= 4 is 5.82 Å². The van der Waals surface area contributed by atoms with Gasteiger partial charge in [0.15, 0.2) is 0 Å². The minimum Gasteiger partial charge on any atom is -0.372 e. The van der Waals surface area contributed by atoms with Crippen LogP contribution < -0.4 is 5.32 Å². The molecule has 4 heteroatoms. The average Bonchev–Trinajstić information content (AvgIpc) is 2.25. The third-order valence-corrected chi connectivity index (χ3v) is 3.19. The summed E-state index contributed by atoms with van der Waals surface area (Å²) in [6.45, 7) is 2.09. The SMILES string of the molecule is CNc1cnc(CN(C)CC2CCC2)cn1. The van der Waals surface area contributed by atoms with Crippen molar-refractivity contribution in [1.29, 1.82) is 0 Å². The Hall–Kier alpha value is -1.16. The number of rotatable bonds is 5. The molecule has 16 heavy (non-hydrogen) atoms. The Morgan fingerprint density at radius 3 is 2.69 bits per heavy atom. The van der Waals surface area contributed by atoms with Crippen LogP contribution in [0.2, 0.25) is 0 Å². The molecule has 1 saturated carbocycles. The largest absolute Gasteiger partial charge is 0.372 e. The van der Waals surface area contributed by atoms with E-state index in [-0.39, 0.29) is 0 Å². The third kappa shape index (κ3) is 2.92. The maximum absolute atomic E-state index is 4.37. The molecule has 1 N–H and O–H groups in total. The predicted octanol–water partition coefficient (Wildman–Crippen LogP) is 1.75. The van der Waals surface area contributed by atoms with Crippen molar-refractivity contribution in [1.82, 2.24) is 14.9 Å². The van der Waals surface area contributed by atoms with Gasteiger partial charge in [-0.25, -0.2) is 4.98 Å². The molecular formula is C12H20N4. The van der Waals surface area contributed by atoms with Gasteiger partial charge < -0.3 is 10.2 Å². The van der Waals surface area contributed by atoms with Gasteiger partial charge in [-0.15, -0.1) is 0 Å². The molecule has 4 nitrogen and oxygen atoms in total. The average molecular weight is 220 g/mol. The van der Waals surface area contributed by atoms with Crippen LogP contribution in [0.1, 0.15) is 25.0 Å². The van der Waals surface area contributed by atoms with E-state index in [9.17, 15) is 0 Å². The van der Waals surface area contributed by atoms with Crippen molar-refractivity contribution in [3.8, 4) is 0 Å². The Kier molecular flexibility index (Phi) is 3.72. The molecular weight excluding hydrogens is 200 g/mol. The van der Waals surface area contributed by atoms with Gasteiger partial charge in [0.05, 0.1) is 18.1 Å². The molecule has 0 saturated heterocycles. The van der Waals surface area contributed by atoms with Crippen molar-refractivity contribution in [3.63, 3.8) is 0 Å². The fourth-order valence-electron chi connectivity index (χ4n) is 2.02. The van der Waals surface area contributed by atoms with Crippen LogP contribution in [-0.4, -0.2) is 35.5 Å². The van der Waals surface area contributed by atoms with E-state index < -0.39 is 0 Å². The number of anilines is 1. The second kappa shape index (κ2) is 5.25. The Morgan fingerprint density at radius 2 is 2.19 bits per heavy atom. The number of hydrogen-bond acceptors (Lipinski definition) is 4. The van der Waals surface area contributed by atoms with Crippen molar-refractivity contribution in [3.05, 3.63) is 18.1 Å². The Labute approximate surface area is 97.1 Å². The maximum Gasteiger partial charge on any atom is 0.144 e. The van der Waals surface area contributed by atoms with Crippen LogP contribution in [0.3, 0.4) is 0 Å². The van der Waals surface area contributed by atoms with Crippen molar-refractivity contribution in [2.24, 2.45) is 5.92 Å². The van der Waals surface area contributed by atoms with Crippen LogP contribution >= 0.6 is 0 Å². The molecule has 0 bridgehead atoms. The minimum atomic E-state index is 0.824. The molecule has 88 valence electrons. The predicted molar refractivity (Wildman–Crippen MR) is 65.3 cm³/mol. The number of nitrogens with zero attached hydrogens (tertiary/aromatic N) is 3. The van der Waals surface area contributed by atoms with E-state index in [1.165, 1.54) is 25.8 Å². The third-order valence-electron chi connectivity index (χ3n) is 3.19. The molecule has 1 aliphatic carbocycles. The summed E-state index contributed by atoms with van der Waals surface area (Å²) < 4.78 is 0. The lowest BCUT2D eigenvalue weighted by Crippen LogP contribution is -2.29. The molecule has 1 aromatic rings. The molecule has 0 aliphatic heterocycles. The topological polar surface area (TPSA) is 41.1 Å². The monoisotopic (exact) mass is 220 g/mol. The Bertz CT molecular complexity index is 318. The molecule has 0 amide bonds. The van der Waals surface area contributed by atoms with Gasteiger partial charge in [-0.2, -0.15) is 0 Å². The summed E-state index contributed by atoms with van der Waals surface area (Å²) in [6.07, 6.45) is 7.84. The van der Waals surface area contributed by atoms with E-state index in [1.54, 1.807) is 6.20 Å². The van der Waals surface area contributed by atoms with E-state index in [4.69, 9.17) is 0 Å². The first kappa shape index (κ1) is 11.3. The van der Waals surface area contributed by atoms with Crippen molar-refractivity contribution in [2.75, 3.05) is 26.0 Å². The van der Waals surface area contributed by atoms with Gasteiger partial charge in [0.2, 0.25) is 0 Å². The quantitative estimate of drug-likeness (QED) is 0.821. The summed E-state index contributed by atoms with van der Waals surface area (Å²) in [5.74, 6) is 1.74. The molecule has 0 aromatic carbocycles. The first-order valence-corrected chi connectivity index (χ1v) is 5.95. The highest BCUT2D eigenvalue weighted by Crippen LogP contribution is 2.26. The normalized spacial score (nSPS) is 16.2. The smallest absolute Gasteiger partial charge is 0.144 e. The van der Waals surface area contributed by atoms with Crippen LogP contribution in [0, 0.1) is 5.92 Å². The Balaban J connectivity index is 1.82. The van der Waals surface area contributed by atoms with Crippen molar-refractivity contribution in [2.45, 2.75) is 25.8 Å². The Morgan fingerprint density at radius 1 is 1.38 bits per heavy atom. The summed E-state index contributed by atoms with van der Waals surface area (Å²) in [6, 6.07) is 0. The molecule has 0 unspecified atom stereocenters. The van der Waals surface area contributed by atoms with Gasteiger partial charge in [0.25, 0.3) is 0 Å². The second-order valence-electron chi connectivity index (χ2n) is 4.64. The van der Waals surface area contributed by atoms with Gasteiger partial charge >= 0.3 is 0 Å². The molecule has 2 rings (SSSR count). The van der Waals surface area contributed by atoms with Crippen LogP contribution in [0.15, 0.2) is 12.4 Å². The number of aromatic nitrogens is 2. The van der Waals surface area contributed by atoms with Crippen LogP contribution in [0.4, 0.5) is 5.82 Å². The van der Waals surface area contributed by atoms with Crippen LogP contribution in [0.25, 0.3) is 0 Å². The highest BCUT2D eigenvalue weighted by molar-refractivity contribution is 5.29. The number of hydrogen-bond donors (Lipinski definition) is 1. The highest BCUT2D eigenvalue weighted by atomic mass is 15.1. The molecule has 1 heterocycles. The van der Waals surface area contributed by atoms with Gasteiger partial charge in [-0.3, -0.25) is 4.98 Å². The lowest BCUT2D eigenvalue weighted by molar-refractivity contribution is 0.199. The summed E-state index contributed by atoms with van der Waals surface area (Å²) in [5, 5.41) is 2.97. The molecule has 0 atom stereocenters. The van der Waals surface area contributed by atoms with Crippen LogP contribution in [0.5, 0.6) is 0 Å². The van der Waals surface area contributed by atoms with Crippen molar-refractivity contribution < 1.29 is 0 Å². The zero-order valence-corrected chi connectivity index (χ0v) is 10.1. The van der Waals surface area contributed by atoms with Gasteiger partial charge in [0.1, 0.15) is 5.82 Å². The number of nitrogens with one attached hydrogen (secondary N) is 1. The molecule has 0 radical (unpaired) electrons. The second-order valence-corrected chi connectivity index (χ2v) is 4.64. The van der Waals surface area contributed by atoms with Gasteiger partial charge in [-0.05, 0) is 25.8 Å². The molecule has 1 fully saturated rings. The van der Waals surface area contributed by atoms with E-state index >= 15 is 0 Å². The first-order chi connectivity index (χ1) is 7.78. The summed E-state index contributed by atoms with van der Waals surface area (Å²) in [5.41, 5.74) is 1.04. The van der Waals surface area contributed by atoms with Crippen LogP contribution in [-0.2, 0) is 6.54 Å². The van der Waals surface area contributed by atoms with Gasteiger partial charge in [0, 0.05) is 20.1 Å². The lowest BCUT2D eigenvalue weighted by atomic mass is 9.85. The zero-order valence-electron chi connectivity index (χ0n) is 10.1. The summed E-state index contributed by atoms with van der Waals surface area (Å²) in [4.78, 5) is 11.0. The van der Waals surface area contributed by atoms with E-state index in [0.29, 0.717) is 0 Å².